The number of benzene rings is 3. The summed E-state index contributed by atoms with van der Waals surface area (Å²) in [5, 5.41) is 11.5. The van der Waals surface area contributed by atoms with Gasteiger partial charge in [0.2, 0.25) is 11.8 Å². The Morgan fingerprint density at radius 3 is 1.91 bits per heavy atom. The van der Waals surface area contributed by atoms with E-state index in [1.165, 1.54) is 0 Å². The zero-order valence-corrected chi connectivity index (χ0v) is 18.0. The molecule has 32 heavy (non-hydrogen) atoms. The minimum absolute atomic E-state index is 0.0438. The van der Waals surface area contributed by atoms with Crippen LogP contribution in [0.2, 0.25) is 0 Å². The number of carbonyl (C=O) groups excluding carboxylic acids is 3. The van der Waals surface area contributed by atoms with Crippen LogP contribution in [0.5, 0.6) is 0 Å². The molecule has 4 N–H and O–H groups in total. The maximum Gasteiger partial charge on any atom is 0.255 e. The van der Waals surface area contributed by atoms with Crippen LogP contribution in [0.1, 0.15) is 24.2 Å². The van der Waals surface area contributed by atoms with Crippen molar-refractivity contribution in [2.75, 3.05) is 27.8 Å². The molecule has 164 valence electrons. The Labute approximate surface area is 187 Å². The van der Waals surface area contributed by atoms with E-state index in [-0.39, 0.29) is 30.2 Å². The zero-order valence-electron chi connectivity index (χ0n) is 18.0. The lowest BCUT2D eigenvalue weighted by Crippen LogP contribution is -2.22. The third kappa shape index (κ3) is 6.70. The summed E-state index contributed by atoms with van der Waals surface area (Å²) in [6.07, 6.45) is 0. The van der Waals surface area contributed by atoms with E-state index in [2.05, 4.69) is 21.3 Å². The quantitative estimate of drug-likeness (QED) is 0.420. The molecule has 7 nitrogen and oxygen atoms in total. The third-order valence-corrected chi connectivity index (χ3v) is 4.55. The van der Waals surface area contributed by atoms with Crippen LogP contribution in [0.4, 0.5) is 22.7 Å². The maximum atomic E-state index is 12.4. The van der Waals surface area contributed by atoms with Gasteiger partial charge in [-0.25, -0.2) is 0 Å². The molecule has 0 unspecified atom stereocenters. The summed E-state index contributed by atoms with van der Waals surface area (Å²) in [5.74, 6) is -0.655. The third-order valence-electron chi connectivity index (χ3n) is 4.55. The number of nitrogens with one attached hydrogen (secondary N) is 4. The van der Waals surface area contributed by atoms with Gasteiger partial charge in [-0.15, -0.1) is 0 Å². The van der Waals surface area contributed by atoms with Crippen molar-refractivity contribution in [2.45, 2.75) is 13.8 Å². The standard InChI is InChI=1S/C25H26N4O3/c1-17(2)24(31)28-21-12-6-10-19(14-21)26-16-23(30)27-20-11-7-13-22(15-20)29-25(32)18-8-4-3-5-9-18/h3-15,17,26H,16H2,1-2H3,(H,27,30)(H,28,31)(H,29,32). The van der Waals surface area contributed by atoms with Crippen LogP contribution < -0.4 is 21.3 Å². The van der Waals surface area contributed by atoms with Gasteiger partial charge in [-0.05, 0) is 48.5 Å². The summed E-state index contributed by atoms with van der Waals surface area (Å²) in [4.78, 5) is 36.5. The highest BCUT2D eigenvalue weighted by Gasteiger charge is 2.09. The Bertz CT molecular complexity index is 1100. The Kier molecular flexibility index (Phi) is 7.59. The lowest BCUT2D eigenvalue weighted by molar-refractivity contribution is -0.119. The molecule has 0 aliphatic rings. The molecule has 0 saturated heterocycles. The van der Waals surface area contributed by atoms with Crippen LogP contribution in [0.3, 0.4) is 0 Å². The van der Waals surface area contributed by atoms with Crippen molar-refractivity contribution >= 4 is 40.5 Å². The summed E-state index contributed by atoms with van der Waals surface area (Å²) in [6.45, 7) is 3.69. The topological polar surface area (TPSA) is 99.3 Å². The molecule has 0 spiro atoms. The summed E-state index contributed by atoms with van der Waals surface area (Å²) in [5.41, 5.74) is 3.08. The van der Waals surface area contributed by atoms with Gasteiger partial charge in [0, 0.05) is 34.2 Å². The first-order valence-electron chi connectivity index (χ1n) is 10.3. The summed E-state index contributed by atoms with van der Waals surface area (Å²) in [6, 6.07) is 23.0. The van der Waals surface area contributed by atoms with Crippen molar-refractivity contribution < 1.29 is 14.4 Å². The molecule has 3 rings (SSSR count). The molecule has 0 fully saturated rings. The Balaban J connectivity index is 1.54. The second-order valence-corrected chi connectivity index (χ2v) is 7.53. The van der Waals surface area contributed by atoms with Crippen LogP contribution in [0, 0.1) is 5.92 Å². The average molecular weight is 431 g/mol. The highest BCUT2D eigenvalue weighted by Crippen LogP contribution is 2.18. The Morgan fingerprint density at radius 1 is 0.688 bits per heavy atom. The molecular weight excluding hydrogens is 404 g/mol. The van der Waals surface area contributed by atoms with Gasteiger partial charge < -0.3 is 21.3 Å². The first-order chi connectivity index (χ1) is 15.4. The highest BCUT2D eigenvalue weighted by molar-refractivity contribution is 6.04. The number of amides is 3. The van der Waals surface area contributed by atoms with Crippen LogP contribution in [0.15, 0.2) is 78.9 Å². The molecule has 0 saturated carbocycles. The lowest BCUT2D eigenvalue weighted by Gasteiger charge is -2.12. The fraction of sp³-hybridized carbons (Fsp3) is 0.160. The van der Waals surface area contributed by atoms with Gasteiger partial charge in [-0.3, -0.25) is 14.4 Å². The first kappa shape index (κ1) is 22.6. The van der Waals surface area contributed by atoms with Gasteiger partial charge in [0.25, 0.3) is 5.91 Å². The lowest BCUT2D eigenvalue weighted by atomic mass is 10.2. The normalized spacial score (nSPS) is 10.3. The van der Waals surface area contributed by atoms with Gasteiger partial charge in [0.1, 0.15) is 0 Å². The number of hydrogen-bond acceptors (Lipinski definition) is 4. The summed E-state index contributed by atoms with van der Waals surface area (Å²) < 4.78 is 0. The number of anilines is 4. The van der Waals surface area contributed by atoms with Crippen LogP contribution in [0.25, 0.3) is 0 Å². The van der Waals surface area contributed by atoms with Crippen molar-refractivity contribution in [3.8, 4) is 0 Å². The van der Waals surface area contributed by atoms with E-state index in [1.54, 1.807) is 66.7 Å². The zero-order chi connectivity index (χ0) is 22.9. The predicted molar refractivity (Wildman–Crippen MR) is 128 cm³/mol. The molecule has 7 heteroatoms. The van der Waals surface area contributed by atoms with E-state index in [0.29, 0.717) is 28.3 Å². The minimum atomic E-state index is -0.242. The van der Waals surface area contributed by atoms with Crippen molar-refractivity contribution in [3.05, 3.63) is 84.4 Å². The van der Waals surface area contributed by atoms with Crippen molar-refractivity contribution in [3.63, 3.8) is 0 Å². The van der Waals surface area contributed by atoms with Crippen LogP contribution in [-0.2, 0) is 9.59 Å². The van der Waals surface area contributed by atoms with Gasteiger partial charge >= 0.3 is 0 Å². The van der Waals surface area contributed by atoms with Gasteiger partial charge in [-0.2, -0.15) is 0 Å². The average Bonchev–Trinajstić information content (AvgIpc) is 2.79. The number of hydrogen-bond donors (Lipinski definition) is 4. The molecule has 0 bridgehead atoms. The van der Waals surface area contributed by atoms with E-state index in [0.717, 1.165) is 0 Å². The van der Waals surface area contributed by atoms with E-state index < -0.39 is 0 Å². The first-order valence-corrected chi connectivity index (χ1v) is 10.3. The fourth-order valence-corrected chi connectivity index (χ4v) is 2.85. The molecule has 3 amide bonds. The van der Waals surface area contributed by atoms with E-state index in [4.69, 9.17) is 0 Å². The SMILES string of the molecule is CC(C)C(=O)Nc1cccc(NCC(=O)Nc2cccc(NC(=O)c3ccccc3)c2)c1. The Morgan fingerprint density at radius 2 is 1.25 bits per heavy atom. The van der Waals surface area contributed by atoms with Crippen LogP contribution >= 0.6 is 0 Å². The number of carbonyl (C=O) groups is 3. The summed E-state index contributed by atoms with van der Waals surface area (Å²) >= 11 is 0. The fourth-order valence-electron chi connectivity index (χ4n) is 2.85. The second-order valence-electron chi connectivity index (χ2n) is 7.53. The highest BCUT2D eigenvalue weighted by atomic mass is 16.2. The molecule has 0 atom stereocenters. The molecule has 0 radical (unpaired) electrons. The van der Waals surface area contributed by atoms with Gasteiger partial charge in [0.15, 0.2) is 0 Å². The molecular formula is C25H26N4O3. The molecule has 0 aromatic heterocycles. The number of rotatable bonds is 8. The smallest absolute Gasteiger partial charge is 0.255 e. The second kappa shape index (κ2) is 10.8. The molecule has 3 aromatic carbocycles. The Hall–Kier alpha value is -4.13. The van der Waals surface area contributed by atoms with Crippen molar-refractivity contribution in [1.82, 2.24) is 0 Å². The van der Waals surface area contributed by atoms with Crippen molar-refractivity contribution in [2.24, 2.45) is 5.92 Å². The van der Waals surface area contributed by atoms with Gasteiger partial charge in [-0.1, -0.05) is 44.2 Å². The van der Waals surface area contributed by atoms with Crippen LogP contribution in [-0.4, -0.2) is 24.3 Å². The largest absolute Gasteiger partial charge is 0.376 e. The van der Waals surface area contributed by atoms with E-state index in [1.807, 2.05) is 26.0 Å². The van der Waals surface area contributed by atoms with Crippen molar-refractivity contribution in [1.29, 1.82) is 0 Å². The van der Waals surface area contributed by atoms with Gasteiger partial charge in [0.05, 0.1) is 6.54 Å². The monoisotopic (exact) mass is 430 g/mol. The predicted octanol–water partition coefficient (Wildman–Crippen LogP) is 4.58. The molecule has 0 aliphatic carbocycles. The maximum absolute atomic E-state index is 12.4. The minimum Gasteiger partial charge on any atom is -0.376 e. The summed E-state index contributed by atoms with van der Waals surface area (Å²) in [7, 11) is 0. The molecule has 0 aliphatic heterocycles. The molecule has 0 heterocycles. The molecule has 3 aromatic rings. The van der Waals surface area contributed by atoms with E-state index in [9.17, 15) is 14.4 Å². The van der Waals surface area contributed by atoms with E-state index >= 15 is 0 Å².